The maximum absolute atomic E-state index is 12.6. The smallest absolute Gasteiger partial charge is 0.248 e. The van der Waals surface area contributed by atoms with E-state index in [2.05, 4.69) is 5.32 Å². The number of amides is 2. The average molecular weight is 266 g/mol. The van der Waals surface area contributed by atoms with Gasteiger partial charge in [-0.2, -0.15) is 0 Å². The van der Waals surface area contributed by atoms with Crippen molar-refractivity contribution in [3.05, 3.63) is 0 Å². The van der Waals surface area contributed by atoms with Crippen molar-refractivity contribution in [2.24, 2.45) is 5.92 Å². The first-order valence-corrected chi connectivity index (χ1v) is 7.31. The summed E-state index contributed by atoms with van der Waals surface area (Å²) in [6.45, 7) is 3.40. The first-order valence-electron chi connectivity index (χ1n) is 7.31. The van der Waals surface area contributed by atoms with Crippen LogP contribution in [0.2, 0.25) is 0 Å². The molecule has 0 radical (unpaired) electrons. The Morgan fingerprint density at radius 1 is 1.32 bits per heavy atom. The fraction of sp³-hybridized carbons (Fsp3) is 0.857. The predicted octanol–water partition coefficient (Wildman–Crippen LogP) is 0.683. The molecule has 3 fully saturated rings. The van der Waals surface area contributed by atoms with Gasteiger partial charge in [0, 0.05) is 13.2 Å². The lowest BCUT2D eigenvalue weighted by molar-refractivity contribution is -0.152. The number of carbonyl (C=O) groups is 2. The fourth-order valence-corrected chi connectivity index (χ4v) is 3.24. The highest BCUT2D eigenvalue weighted by Gasteiger charge is 2.52. The van der Waals surface area contributed by atoms with E-state index in [0.717, 1.165) is 38.7 Å². The predicted molar refractivity (Wildman–Crippen MR) is 69.4 cm³/mol. The monoisotopic (exact) mass is 266 g/mol. The van der Waals surface area contributed by atoms with Crippen LogP contribution in [0.5, 0.6) is 0 Å². The second-order valence-electron chi connectivity index (χ2n) is 6.20. The van der Waals surface area contributed by atoms with E-state index in [0.29, 0.717) is 12.5 Å². The Bertz CT molecular complexity index is 388. The molecule has 5 nitrogen and oxygen atoms in total. The molecule has 0 spiro atoms. The topological polar surface area (TPSA) is 58.6 Å². The summed E-state index contributed by atoms with van der Waals surface area (Å²) in [5.74, 6) is 0.354. The second kappa shape index (κ2) is 4.78. The molecule has 1 aliphatic carbocycles. The highest BCUT2D eigenvalue weighted by Crippen LogP contribution is 2.41. The highest BCUT2D eigenvalue weighted by molar-refractivity contribution is 5.98. The standard InChI is InChI=1S/C14H22N2O3/c1-14(10-5-6-10)13(18)16(9-12(17)15-14)8-11-4-2-3-7-19-11/h10-11H,2-9H2,1H3,(H,15,17). The van der Waals surface area contributed by atoms with Gasteiger partial charge in [0.1, 0.15) is 5.54 Å². The van der Waals surface area contributed by atoms with Crippen LogP contribution in [0, 0.1) is 5.92 Å². The molecule has 0 aromatic carbocycles. The van der Waals surface area contributed by atoms with Crippen molar-refractivity contribution < 1.29 is 14.3 Å². The van der Waals surface area contributed by atoms with E-state index in [4.69, 9.17) is 4.74 Å². The average Bonchev–Trinajstić information content (AvgIpc) is 3.21. The van der Waals surface area contributed by atoms with Gasteiger partial charge in [-0.3, -0.25) is 9.59 Å². The molecule has 2 aliphatic heterocycles. The van der Waals surface area contributed by atoms with Crippen LogP contribution in [0.15, 0.2) is 0 Å². The number of carbonyl (C=O) groups excluding carboxylic acids is 2. The molecular formula is C14H22N2O3. The SMILES string of the molecule is CC1(C2CC2)NC(=O)CN(CC2CCCCO2)C1=O. The van der Waals surface area contributed by atoms with Gasteiger partial charge < -0.3 is 15.0 Å². The number of rotatable bonds is 3. The number of ether oxygens (including phenoxy) is 1. The number of nitrogens with zero attached hydrogens (tertiary/aromatic N) is 1. The maximum Gasteiger partial charge on any atom is 0.248 e. The minimum Gasteiger partial charge on any atom is -0.376 e. The first-order chi connectivity index (χ1) is 9.09. The first kappa shape index (κ1) is 12.9. The van der Waals surface area contributed by atoms with E-state index < -0.39 is 5.54 Å². The number of hydrogen-bond acceptors (Lipinski definition) is 3. The summed E-state index contributed by atoms with van der Waals surface area (Å²) in [5.41, 5.74) is -0.677. The van der Waals surface area contributed by atoms with Gasteiger partial charge in [0.2, 0.25) is 11.8 Å². The summed E-state index contributed by atoms with van der Waals surface area (Å²) in [4.78, 5) is 26.2. The van der Waals surface area contributed by atoms with Crippen molar-refractivity contribution >= 4 is 11.8 Å². The Kier molecular flexibility index (Phi) is 3.25. The largest absolute Gasteiger partial charge is 0.376 e. The zero-order valence-corrected chi connectivity index (χ0v) is 11.5. The molecule has 5 heteroatoms. The third-order valence-corrected chi connectivity index (χ3v) is 4.56. The number of piperazine rings is 1. The van der Waals surface area contributed by atoms with E-state index in [1.54, 1.807) is 4.90 Å². The molecule has 0 bridgehead atoms. The Morgan fingerprint density at radius 3 is 2.74 bits per heavy atom. The van der Waals surface area contributed by atoms with Gasteiger partial charge in [-0.15, -0.1) is 0 Å². The van der Waals surface area contributed by atoms with E-state index >= 15 is 0 Å². The zero-order valence-electron chi connectivity index (χ0n) is 11.5. The second-order valence-corrected chi connectivity index (χ2v) is 6.20. The molecule has 3 rings (SSSR count). The van der Waals surface area contributed by atoms with Crippen LogP contribution < -0.4 is 5.32 Å². The van der Waals surface area contributed by atoms with Gasteiger partial charge in [-0.1, -0.05) is 0 Å². The third-order valence-electron chi connectivity index (χ3n) is 4.56. The van der Waals surface area contributed by atoms with Crippen molar-refractivity contribution in [1.82, 2.24) is 10.2 Å². The Labute approximate surface area is 113 Å². The molecule has 1 N–H and O–H groups in total. The van der Waals surface area contributed by atoms with Gasteiger partial charge in [0.25, 0.3) is 0 Å². The summed E-state index contributed by atoms with van der Waals surface area (Å²) in [7, 11) is 0. The van der Waals surface area contributed by atoms with Gasteiger partial charge >= 0.3 is 0 Å². The lowest BCUT2D eigenvalue weighted by Crippen LogP contribution is -2.67. The van der Waals surface area contributed by atoms with Crippen LogP contribution in [0.4, 0.5) is 0 Å². The number of nitrogens with one attached hydrogen (secondary N) is 1. The van der Waals surface area contributed by atoms with Crippen molar-refractivity contribution in [2.75, 3.05) is 19.7 Å². The van der Waals surface area contributed by atoms with Crippen LogP contribution in [-0.2, 0) is 14.3 Å². The Morgan fingerprint density at radius 2 is 2.11 bits per heavy atom. The molecule has 19 heavy (non-hydrogen) atoms. The molecule has 0 aromatic rings. The molecule has 0 aromatic heterocycles. The molecule has 106 valence electrons. The quantitative estimate of drug-likeness (QED) is 0.817. The fourth-order valence-electron chi connectivity index (χ4n) is 3.24. The third kappa shape index (κ3) is 2.48. The summed E-state index contributed by atoms with van der Waals surface area (Å²) in [5, 5.41) is 2.90. The summed E-state index contributed by atoms with van der Waals surface area (Å²) < 4.78 is 5.68. The zero-order chi connectivity index (χ0) is 13.5. The normalized spacial score (nSPS) is 36.3. The molecule has 2 unspecified atom stereocenters. The van der Waals surface area contributed by atoms with Gasteiger partial charge in [0.05, 0.1) is 12.6 Å². The number of hydrogen-bond donors (Lipinski definition) is 1. The summed E-state index contributed by atoms with van der Waals surface area (Å²) >= 11 is 0. The molecule has 2 heterocycles. The minimum atomic E-state index is -0.677. The van der Waals surface area contributed by atoms with Gasteiger partial charge in [-0.05, 0) is 44.9 Å². The van der Waals surface area contributed by atoms with Crippen molar-refractivity contribution in [3.8, 4) is 0 Å². The van der Waals surface area contributed by atoms with Crippen LogP contribution in [-0.4, -0.2) is 48.1 Å². The van der Waals surface area contributed by atoms with E-state index in [1.807, 2.05) is 6.92 Å². The summed E-state index contributed by atoms with van der Waals surface area (Å²) in [6, 6.07) is 0. The molecule has 1 saturated carbocycles. The van der Waals surface area contributed by atoms with Crippen LogP contribution in [0.25, 0.3) is 0 Å². The molecular weight excluding hydrogens is 244 g/mol. The Hall–Kier alpha value is -1.10. The van der Waals surface area contributed by atoms with Crippen molar-refractivity contribution in [2.45, 2.75) is 50.7 Å². The molecule has 2 atom stereocenters. The van der Waals surface area contributed by atoms with Crippen LogP contribution in [0.1, 0.15) is 39.0 Å². The molecule has 2 amide bonds. The molecule has 3 aliphatic rings. The minimum absolute atomic E-state index is 0.0372. The van der Waals surface area contributed by atoms with Gasteiger partial charge in [-0.25, -0.2) is 0 Å². The van der Waals surface area contributed by atoms with E-state index in [-0.39, 0.29) is 24.5 Å². The lowest BCUT2D eigenvalue weighted by Gasteiger charge is -2.41. The lowest BCUT2D eigenvalue weighted by atomic mass is 9.91. The van der Waals surface area contributed by atoms with Crippen molar-refractivity contribution in [1.29, 1.82) is 0 Å². The van der Waals surface area contributed by atoms with E-state index in [9.17, 15) is 9.59 Å². The highest BCUT2D eigenvalue weighted by atomic mass is 16.5. The maximum atomic E-state index is 12.6. The van der Waals surface area contributed by atoms with Gasteiger partial charge in [0.15, 0.2) is 0 Å². The van der Waals surface area contributed by atoms with Crippen molar-refractivity contribution in [3.63, 3.8) is 0 Å². The van der Waals surface area contributed by atoms with Crippen LogP contribution >= 0.6 is 0 Å². The summed E-state index contributed by atoms with van der Waals surface area (Å²) in [6.07, 6.45) is 5.42. The Balaban J connectivity index is 1.69. The molecule has 2 saturated heterocycles. The van der Waals surface area contributed by atoms with E-state index in [1.165, 1.54) is 0 Å². The van der Waals surface area contributed by atoms with Crippen LogP contribution in [0.3, 0.4) is 0 Å².